The first-order valence-electron chi connectivity index (χ1n) is 4.96. The minimum absolute atomic E-state index is 1.01. The van der Waals surface area contributed by atoms with Crippen LogP contribution in [0.25, 0.3) is 0 Å². The lowest BCUT2D eigenvalue weighted by atomic mass is 10.2. The van der Waals surface area contributed by atoms with E-state index in [0.29, 0.717) is 0 Å². The molecule has 80 valence electrons. The largest absolute Gasteiger partial charge is 0.370 e. The average molecular weight is 213 g/mol. The monoisotopic (exact) mass is 213 g/mol. The summed E-state index contributed by atoms with van der Waals surface area (Å²) in [5.41, 5.74) is 2.48. The second-order valence-electron chi connectivity index (χ2n) is 3.40. The highest BCUT2D eigenvalue weighted by atomic mass is 32.2. The summed E-state index contributed by atoms with van der Waals surface area (Å²) in [5, 5.41) is 7.85. The second kappa shape index (κ2) is 5.29. The van der Waals surface area contributed by atoms with Crippen molar-refractivity contribution >= 4 is 17.6 Å². The summed E-state index contributed by atoms with van der Waals surface area (Å²) >= 11 is 1.84. The number of thioether (sulfide) groups is 1. The molecule has 1 aromatic heterocycles. The lowest BCUT2D eigenvalue weighted by Crippen LogP contribution is -2.06. The number of anilines is 1. The molecular weight excluding hydrogens is 194 g/mol. The Bertz CT molecular complexity index is 294. The fourth-order valence-electron chi connectivity index (χ4n) is 1.48. The number of nitrogens with one attached hydrogen (secondary N) is 1. The Balaban J connectivity index is 2.86. The van der Waals surface area contributed by atoms with Gasteiger partial charge in [0.1, 0.15) is 5.82 Å². The summed E-state index contributed by atoms with van der Waals surface area (Å²) in [4.78, 5) is 0. The van der Waals surface area contributed by atoms with Crippen molar-refractivity contribution in [1.82, 2.24) is 9.78 Å². The molecule has 3 nitrogen and oxygen atoms in total. The van der Waals surface area contributed by atoms with Crippen LogP contribution in [0.1, 0.15) is 24.6 Å². The van der Waals surface area contributed by atoms with Crippen molar-refractivity contribution in [1.29, 1.82) is 0 Å². The van der Waals surface area contributed by atoms with Crippen LogP contribution in [0.5, 0.6) is 0 Å². The fourth-order valence-corrected chi connectivity index (χ4v) is 2.12. The molecule has 0 saturated carbocycles. The van der Waals surface area contributed by atoms with Crippen LogP contribution < -0.4 is 5.32 Å². The quantitative estimate of drug-likeness (QED) is 0.814. The Kier molecular flexibility index (Phi) is 4.32. The van der Waals surface area contributed by atoms with E-state index in [1.807, 2.05) is 23.5 Å². The topological polar surface area (TPSA) is 29.9 Å². The van der Waals surface area contributed by atoms with Crippen molar-refractivity contribution in [3.05, 3.63) is 11.3 Å². The molecule has 1 aromatic rings. The van der Waals surface area contributed by atoms with Gasteiger partial charge >= 0.3 is 0 Å². The SMILES string of the molecule is CCCNc1c(CSC)c(C)nn1C. The highest BCUT2D eigenvalue weighted by Crippen LogP contribution is 2.22. The molecule has 14 heavy (non-hydrogen) atoms. The first-order valence-corrected chi connectivity index (χ1v) is 6.35. The summed E-state index contributed by atoms with van der Waals surface area (Å²) in [6, 6.07) is 0. The Hall–Kier alpha value is -0.640. The molecule has 0 aliphatic heterocycles. The zero-order valence-corrected chi connectivity index (χ0v) is 10.2. The summed E-state index contributed by atoms with van der Waals surface area (Å²) in [5.74, 6) is 2.21. The molecule has 0 spiro atoms. The van der Waals surface area contributed by atoms with Gasteiger partial charge in [0, 0.05) is 24.9 Å². The summed E-state index contributed by atoms with van der Waals surface area (Å²) in [6.45, 7) is 5.26. The van der Waals surface area contributed by atoms with Crippen molar-refractivity contribution in [3.63, 3.8) is 0 Å². The normalized spacial score (nSPS) is 10.6. The zero-order chi connectivity index (χ0) is 10.6. The van der Waals surface area contributed by atoms with E-state index in [2.05, 4.69) is 30.5 Å². The number of hydrogen-bond donors (Lipinski definition) is 1. The number of hydrogen-bond acceptors (Lipinski definition) is 3. The molecule has 0 saturated heterocycles. The summed E-state index contributed by atoms with van der Waals surface area (Å²) in [7, 11) is 1.99. The minimum atomic E-state index is 1.01. The van der Waals surface area contributed by atoms with Crippen LogP contribution in [-0.2, 0) is 12.8 Å². The Morgan fingerprint density at radius 1 is 1.50 bits per heavy atom. The highest BCUT2D eigenvalue weighted by molar-refractivity contribution is 7.97. The predicted molar refractivity (Wildman–Crippen MR) is 63.9 cm³/mol. The Morgan fingerprint density at radius 2 is 2.21 bits per heavy atom. The fraction of sp³-hybridized carbons (Fsp3) is 0.700. The van der Waals surface area contributed by atoms with Gasteiger partial charge in [-0.25, -0.2) is 0 Å². The van der Waals surface area contributed by atoms with Gasteiger partial charge in [0.05, 0.1) is 5.69 Å². The maximum atomic E-state index is 4.42. The van der Waals surface area contributed by atoms with E-state index >= 15 is 0 Å². The first-order chi connectivity index (χ1) is 6.70. The van der Waals surface area contributed by atoms with E-state index in [-0.39, 0.29) is 0 Å². The molecule has 1 heterocycles. The van der Waals surface area contributed by atoms with Crippen LogP contribution in [0.15, 0.2) is 0 Å². The predicted octanol–water partition coefficient (Wildman–Crippen LogP) is 2.41. The molecule has 1 N–H and O–H groups in total. The Morgan fingerprint density at radius 3 is 2.79 bits per heavy atom. The van der Waals surface area contributed by atoms with Gasteiger partial charge < -0.3 is 5.32 Å². The zero-order valence-electron chi connectivity index (χ0n) is 9.42. The molecule has 4 heteroatoms. The third-order valence-electron chi connectivity index (χ3n) is 2.18. The molecule has 0 unspecified atom stereocenters. The molecular formula is C10H19N3S. The van der Waals surface area contributed by atoms with E-state index in [9.17, 15) is 0 Å². The lowest BCUT2D eigenvalue weighted by molar-refractivity contribution is 0.756. The van der Waals surface area contributed by atoms with Gasteiger partial charge in [-0.2, -0.15) is 16.9 Å². The molecule has 0 aliphatic rings. The average Bonchev–Trinajstić information content (AvgIpc) is 2.40. The molecule has 1 rings (SSSR count). The van der Waals surface area contributed by atoms with Crippen molar-refractivity contribution < 1.29 is 0 Å². The molecule has 0 fully saturated rings. The van der Waals surface area contributed by atoms with Crippen LogP contribution in [0, 0.1) is 6.92 Å². The van der Waals surface area contributed by atoms with E-state index in [1.54, 1.807) is 0 Å². The van der Waals surface area contributed by atoms with Crippen LogP contribution in [0.2, 0.25) is 0 Å². The molecule has 0 amide bonds. The maximum absolute atomic E-state index is 4.42. The summed E-state index contributed by atoms with van der Waals surface area (Å²) < 4.78 is 1.94. The van der Waals surface area contributed by atoms with Gasteiger partial charge in [0.15, 0.2) is 0 Å². The van der Waals surface area contributed by atoms with Gasteiger partial charge in [-0.15, -0.1) is 0 Å². The van der Waals surface area contributed by atoms with Gasteiger partial charge in [0.25, 0.3) is 0 Å². The number of rotatable bonds is 5. The van der Waals surface area contributed by atoms with Crippen molar-refractivity contribution in [2.24, 2.45) is 7.05 Å². The van der Waals surface area contributed by atoms with E-state index < -0.39 is 0 Å². The van der Waals surface area contributed by atoms with Crippen molar-refractivity contribution in [2.75, 3.05) is 18.1 Å². The number of nitrogens with zero attached hydrogens (tertiary/aromatic N) is 2. The molecule has 0 aromatic carbocycles. The van der Waals surface area contributed by atoms with Gasteiger partial charge in [-0.1, -0.05) is 6.92 Å². The maximum Gasteiger partial charge on any atom is 0.128 e. The standard InChI is InChI=1S/C10H19N3S/c1-5-6-11-10-9(7-14-4)8(2)12-13(10)3/h11H,5-7H2,1-4H3. The van der Waals surface area contributed by atoms with Gasteiger partial charge in [-0.3, -0.25) is 4.68 Å². The van der Waals surface area contributed by atoms with E-state index in [4.69, 9.17) is 0 Å². The van der Waals surface area contributed by atoms with E-state index in [1.165, 1.54) is 11.4 Å². The molecule has 0 bridgehead atoms. The Labute approximate surface area is 90.3 Å². The van der Waals surface area contributed by atoms with Crippen LogP contribution >= 0.6 is 11.8 Å². The van der Waals surface area contributed by atoms with E-state index in [0.717, 1.165) is 24.4 Å². The van der Waals surface area contributed by atoms with Crippen LogP contribution in [0.4, 0.5) is 5.82 Å². The molecule has 0 aliphatic carbocycles. The third kappa shape index (κ3) is 2.44. The van der Waals surface area contributed by atoms with Crippen LogP contribution in [-0.4, -0.2) is 22.6 Å². The minimum Gasteiger partial charge on any atom is -0.370 e. The van der Waals surface area contributed by atoms with Gasteiger partial charge in [-0.05, 0) is 19.6 Å². The molecule has 0 radical (unpaired) electrons. The smallest absolute Gasteiger partial charge is 0.128 e. The third-order valence-corrected chi connectivity index (χ3v) is 2.75. The second-order valence-corrected chi connectivity index (χ2v) is 4.26. The summed E-state index contributed by atoms with van der Waals surface area (Å²) in [6.07, 6.45) is 3.26. The van der Waals surface area contributed by atoms with Crippen molar-refractivity contribution in [2.45, 2.75) is 26.0 Å². The molecule has 0 atom stereocenters. The number of aromatic nitrogens is 2. The lowest BCUT2D eigenvalue weighted by Gasteiger charge is -2.07. The van der Waals surface area contributed by atoms with Crippen molar-refractivity contribution in [3.8, 4) is 0 Å². The first kappa shape index (κ1) is 11.4. The number of aryl methyl sites for hydroxylation is 2. The van der Waals surface area contributed by atoms with Crippen LogP contribution in [0.3, 0.4) is 0 Å². The highest BCUT2D eigenvalue weighted by Gasteiger charge is 2.11. The van der Waals surface area contributed by atoms with Gasteiger partial charge in [0.2, 0.25) is 0 Å².